The summed E-state index contributed by atoms with van der Waals surface area (Å²) < 4.78 is 1.32. The second-order valence-electron chi connectivity index (χ2n) is 4.29. The molecule has 2 aromatic carbocycles. The van der Waals surface area contributed by atoms with E-state index in [1.165, 1.54) is 11.0 Å². The summed E-state index contributed by atoms with van der Waals surface area (Å²) in [5, 5.41) is 8.79. The minimum absolute atomic E-state index is 0.194. The Morgan fingerprint density at radius 2 is 1.75 bits per heavy atom. The number of hydrogen-bond acceptors (Lipinski definition) is 3. The third kappa shape index (κ3) is 2.16. The number of fused-ring (bicyclic) bond motifs is 1. The van der Waals surface area contributed by atoms with Crippen molar-refractivity contribution >= 4 is 16.8 Å². The molecule has 0 atom stereocenters. The van der Waals surface area contributed by atoms with E-state index in [-0.39, 0.29) is 11.4 Å². The van der Waals surface area contributed by atoms with Gasteiger partial charge in [-0.1, -0.05) is 30.3 Å². The van der Waals surface area contributed by atoms with Crippen molar-refractivity contribution in [1.29, 1.82) is 5.41 Å². The molecule has 3 rings (SSSR count). The largest absolute Gasteiger partial charge is 0.282 e. The Balaban J connectivity index is 1.98. The van der Waals surface area contributed by atoms with Gasteiger partial charge in [0.1, 0.15) is 6.33 Å². The fourth-order valence-corrected chi connectivity index (χ4v) is 1.94. The van der Waals surface area contributed by atoms with E-state index in [1.54, 1.807) is 30.3 Å². The summed E-state index contributed by atoms with van der Waals surface area (Å²) in [6, 6.07) is 16.2. The molecule has 0 saturated carbocycles. The number of nitrogens with zero attached hydrogens (tertiary/aromatic N) is 2. The van der Waals surface area contributed by atoms with E-state index in [4.69, 9.17) is 5.41 Å². The van der Waals surface area contributed by atoms with Crippen molar-refractivity contribution in [1.82, 2.24) is 9.66 Å². The van der Waals surface area contributed by atoms with Gasteiger partial charge >= 0.3 is 0 Å². The van der Waals surface area contributed by atoms with Crippen LogP contribution < -0.4 is 10.9 Å². The summed E-state index contributed by atoms with van der Waals surface area (Å²) in [4.78, 5) is 16.3. The maximum absolute atomic E-state index is 12.1. The highest BCUT2D eigenvalue weighted by molar-refractivity contribution is 5.99. The van der Waals surface area contributed by atoms with Crippen molar-refractivity contribution in [2.45, 2.75) is 0 Å². The van der Waals surface area contributed by atoms with E-state index >= 15 is 0 Å². The molecule has 0 aliphatic heterocycles. The summed E-state index contributed by atoms with van der Waals surface area (Å²) >= 11 is 0. The lowest BCUT2D eigenvalue weighted by molar-refractivity contribution is 0.101. The van der Waals surface area contributed by atoms with Crippen molar-refractivity contribution in [3.05, 3.63) is 72.0 Å². The lowest BCUT2D eigenvalue weighted by Gasteiger charge is -2.09. The number of aromatic nitrogens is 2. The highest BCUT2D eigenvalue weighted by atomic mass is 16.2. The first-order valence-corrected chi connectivity index (χ1v) is 6.13. The van der Waals surface area contributed by atoms with Gasteiger partial charge in [-0.15, -0.1) is 0 Å². The van der Waals surface area contributed by atoms with Crippen molar-refractivity contribution in [2.75, 3.05) is 5.43 Å². The fourth-order valence-electron chi connectivity index (χ4n) is 1.94. The lowest BCUT2D eigenvalue weighted by Crippen LogP contribution is -2.33. The van der Waals surface area contributed by atoms with Gasteiger partial charge in [0.05, 0.1) is 5.52 Å². The van der Waals surface area contributed by atoms with E-state index in [1.807, 2.05) is 24.3 Å². The third-order valence-electron chi connectivity index (χ3n) is 2.97. The lowest BCUT2D eigenvalue weighted by atomic mass is 10.2. The molecule has 1 amide bonds. The molecular formula is C15H12N4O. The number of amides is 1. The molecule has 20 heavy (non-hydrogen) atoms. The zero-order chi connectivity index (χ0) is 13.9. The summed E-state index contributed by atoms with van der Waals surface area (Å²) in [6.07, 6.45) is 1.44. The van der Waals surface area contributed by atoms with Gasteiger partial charge in [0.15, 0.2) is 5.49 Å². The molecule has 5 heteroatoms. The topological polar surface area (TPSA) is 70.8 Å². The third-order valence-corrected chi connectivity index (χ3v) is 2.97. The molecule has 1 aromatic heterocycles. The molecule has 1 heterocycles. The SMILES string of the molecule is N=c1c2ccccc2ncn1NC(=O)c1ccccc1. The van der Waals surface area contributed by atoms with E-state index in [0.717, 1.165) is 5.52 Å². The number of carbonyl (C=O) groups excluding carboxylic acids is 1. The van der Waals surface area contributed by atoms with E-state index in [0.29, 0.717) is 10.9 Å². The number of benzene rings is 2. The zero-order valence-electron chi connectivity index (χ0n) is 10.6. The van der Waals surface area contributed by atoms with E-state index < -0.39 is 0 Å². The summed E-state index contributed by atoms with van der Waals surface area (Å²) in [5.74, 6) is -0.277. The van der Waals surface area contributed by atoms with Crippen LogP contribution in [0.15, 0.2) is 60.9 Å². The Morgan fingerprint density at radius 3 is 2.55 bits per heavy atom. The molecule has 0 bridgehead atoms. The van der Waals surface area contributed by atoms with Gasteiger partial charge in [-0.05, 0) is 24.3 Å². The predicted octanol–water partition coefficient (Wildman–Crippen LogP) is 1.90. The Kier molecular flexibility index (Phi) is 3.01. The molecule has 3 aromatic rings. The first-order chi connectivity index (χ1) is 9.75. The summed E-state index contributed by atoms with van der Waals surface area (Å²) in [6.45, 7) is 0. The first-order valence-electron chi connectivity index (χ1n) is 6.13. The van der Waals surface area contributed by atoms with Crippen LogP contribution in [0.4, 0.5) is 0 Å². The van der Waals surface area contributed by atoms with Gasteiger partial charge in [0, 0.05) is 10.9 Å². The van der Waals surface area contributed by atoms with Gasteiger partial charge in [-0.2, -0.15) is 0 Å². The van der Waals surface area contributed by atoms with Crippen LogP contribution in [0, 0.1) is 5.41 Å². The van der Waals surface area contributed by atoms with Crippen molar-refractivity contribution in [3.63, 3.8) is 0 Å². The van der Waals surface area contributed by atoms with Crippen LogP contribution in [-0.4, -0.2) is 15.6 Å². The Morgan fingerprint density at radius 1 is 1.05 bits per heavy atom. The van der Waals surface area contributed by atoms with Gasteiger partial charge in [0.25, 0.3) is 5.91 Å². The zero-order valence-corrected chi connectivity index (χ0v) is 10.6. The number of carbonyl (C=O) groups is 1. The molecule has 5 nitrogen and oxygen atoms in total. The standard InChI is InChI=1S/C15H12N4O/c16-14-12-8-4-5-9-13(12)17-10-19(14)18-15(20)11-6-2-1-3-7-11/h1-10,16H,(H,18,20). The highest BCUT2D eigenvalue weighted by Gasteiger charge is 2.06. The van der Waals surface area contributed by atoms with Crippen LogP contribution in [0.2, 0.25) is 0 Å². The molecule has 0 unspecified atom stereocenters. The normalized spacial score (nSPS) is 10.4. The summed E-state index contributed by atoms with van der Waals surface area (Å²) in [5.41, 5.74) is 4.10. The molecule has 0 saturated heterocycles. The van der Waals surface area contributed by atoms with Crippen LogP contribution in [0.5, 0.6) is 0 Å². The maximum Gasteiger partial charge on any atom is 0.270 e. The Hall–Kier alpha value is -2.95. The second-order valence-corrected chi connectivity index (χ2v) is 4.29. The van der Waals surface area contributed by atoms with Gasteiger partial charge in [-0.3, -0.25) is 15.6 Å². The van der Waals surface area contributed by atoms with Crippen LogP contribution in [0.25, 0.3) is 10.9 Å². The molecule has 0 fully saturated rings. The average Bonchev–Trinajstić information content (AvgIpc) is 2.51. The van der Waals surface area contributed by atoms with Gasteiger partial charge in [0.2, 0.25) is 0 Å². The van der Waals surface area contributed by atoms with Crippen LogP contribution in [0.1, 0.15) is 10.4 Å². The van der Waals surface area contributed by atoms with Crippen molar-refractivity contribution in [2.24, 2.45) is 0 Å². The Bertz CT molecular complexity index is 824. The summed E-state index contributed by atoms with van der Waals surface area (Å²) in [7, 11) is 0. The van der Waals surface area contributed by atoms with E-state index in [9.17, 15) is 4.79 Å². The molecule has 0 radical (unpaired) electrons. The van der Waals surface area contributed by atoms with Crippen LogP contribution in [-0.2, 0) is 0 Å². The number of rotatable bonds is 2. The smallest absolute Gasteiger partial charge is 0.270 e. The number of nitrogens with one attached hydrogen (secondary N) is 2. The number of para-hydroxylation sites is 1. The Labute approximate surface area is 115 Å². The molecule has 0 aliphatic rings. The van der Waals surface area contributed by atoms with Crippen molar-refractivity contribution in [3.8, 4) is 0 Å². The van der Waals surface area contributed by atoms with Crippen molar-refractivity contribution < 1.29 is 4.79 Å². The first kappa shape index (κ1) is 12.1. The fraction of sp³-hybridized carbons (Fsp3) is 0. The minimum atomic E-state index is -0.277. The second kappa shape index (κ2) is 4.97. The molecular weight excluding hydrogens is 252 g/mol. The monoisotopic (exact) mass is 264 g/mol. The van der Waals surface area contributed by atoms with Crippen LogP contribution in [0.3, 0.4) is 0 Å². The van der Waals surface area contributed by atoms with Crippen LogP contribution >= 0.6 is 0 Å². The molecule has 98 valence electrons. The average molecular weight is 264 g/mol. The maximum atomic E-state index is 12.1. The minimum Gasteiger partial charge on any atom is -0.282 e. The number of hydrogen-bond donors (Lipinski definition) is 2. The molecule has 2 N–H and O–H groups in total. The van der Waals surface area contributed by atoms with Gasteiger partial charge in [-0.25, -0.2) is 9.66 Å². The van der Waals surface area contributed by atoms with E-state index in [2.05, 4.69) is 10.4 Å². The highest BCUT2D eigenvalue weighted by Crippen LogP contribution is 2.04. The molecule has 0 spiro atoms. The molecule has 0 aliphatic carbocycles. The predicted molar refractivity (Wildman–Crippen MR) is 75.7 cm³/mol. The quantitative estimate of drug-likeness (QED) is 0.742. The van der Waals surface area contributed by atoms with Gasteiger partial charge < -0.3 is 0 Å².